The van der Waals surface area contributed by atoms with Crippen LogP contribution in [-0.4, -0.2) is 67.9 Å². The molecule has 1 aliphatic carbocycles. The van der Waals surface area contributed by atoms with Gasteiger partial charge in [-0.2, -0.15) is 4.98 Å². The van der Waals surface area contributed by atoms with Crippen LogP contribution in [0, 0.1) is 11.6 Å². The van der Waals surface area contributed by atoms with Gasteiger partial charge >= 0.3 is 5.69 Å². The van der Waals surface area contributed by atoms with Gasteiger partial charge in [0.1, 0.15) is 23.1 Å². The summed E-state index contributed by atoms with van der Waals surface area (Å²) in [7, 11) is 0. The van der Waals surface area contributed by atoms with Gasteiger partial charge in [0.2, 0.25) is 5.91 Å². The first-order chi connectivity index (χ1) is 20.8. The van der Waals surface area contributed by atoms with Crippen molar-refractivity contribution in [3.63, 3.8) is 0 Å². The molecule has 0 radical (unpaired) electrons. The zero-order chi connectivity index (χ0) is 30.0. The number of rotatable bonds is 3. The van der Waals surface area contributed by atoms with Gasteiger partial charge < -0.3 is 14.5 Å². The number of carbonyl (C=O) groups is 1. The lowest BCUT2D eigenvalue weighted by molar-refractivity contribution is -0.126. The number of aromatic nitrogens is 4. The smallest absolute Gasteiger partial charge is 0.355 e. The molecule has 1 saturated carbocycles. The fourth-order valence-corrected chi connectivity index (χ4v) is 6.99. The summed E-state index contributed by atoms with van der Waals surface area (Å²) < 4.78 is 38.8. The Kier molecular flexibility index (Phi) is 6.68. The van der Waals surface area contributed by atoms with E-state index in [-0.39, 0.29) is 59.0 Å². The number of ether oxygens (including phenoxy) is 1. The number of benzene rings is 1. The van der Waals surface area contributed by atoms with Crippen LogP contribution in [0.2, 0.25) is 0 Å². The van der Waals surface area contributed by atoms with Gasteiger partial charge in [-0.15, -0.1) is 11.8 Å². The molecule has 0 spiro atoms. The number of nitrogens with zero attached hydrogens (tertiary/aromatic N) is 6. The lowest BCUT2D eigenvalue weighted by Gasteiger charge is -2.35. The fraction of sp³-hybridized carbons (Fsp3) is 0.323. The Morgan fingerprint density at radius 2 is 2.00 bits per heavy atom. The molecule has 2 bridgehead atoms. The molecule has 3 aromatic heterocycles. The normalized spacial score (nSPS) is 19.2. The first-order valence-electron chi connectivity index (χ1n) is 14.1. The fourth-order valence-electron chi connectivity index (χ4n) is 6.11. The topological polar surface area (TPSA) is 93.5 Å². The lowest BCUT2D eigenvalue weighted by atomic mass is 10.1. The van der Waals surface area contributed by atoms with Crippen LogP contribution in [0.1, 0.15) is 31.9 Å². The third-order valence-electron chi connectivity index (χ3n) is 8.13. The van der Waals surface area contributed by atoms with E-state index in [0.29, 0.717) is 42.0 Å². The highest BCUT2D eigenvalue weighted by Gasteiger charge is 2.51. The Labute approximate surface area is 250 Å². The van der Waals surface area contributed by atoms with E-state index in [4.69, 9.17) is 4.74 Å². The van der Waals surface area contributed by atoms with Gasteiger partial charge in [-0.1, -0.05) is 26.5 Å². The second kappa shape index (κ2) is 10.4. The van der Waals surface area contributed by atoms with Crippen molar-refractivity contribution in [3.05, 3.63) is 77.0 Å². The number of amides is 1. The molecule has 220 valence electrons. The molecular formula is C31H28F2N6O3S. The molecule has 43 heavy (non-hydrogen) atoms. The molecule has 1 aromatic carbocycles. The number of carbonyl (C=O) groups excluding carboxylic acids is 1. The molecule has 2 fully saturated rings. The minimum absolute atomic E-state index is 0.0551. The number of anilines is 1. The second-order valence-electron chi connectivity index (χ2n) is 11.1. The molecular weight excluding hydrogens is 574 g/mol. The summed E-state index contributed by atoms with van der Waals surface area (Å²) >= 11 is 1.47. The Morgan fingerprint density at radius 1 is 1.16 bits per heavy atom. The maximum absolute atomic E-state index is 16.1. The van der Waals surface area contributed by atoms with Crippen molar-refractivity contribution in [2.24, 2.45) is 0 Å². The summed E-state index contributed by atoms with van der Waals surface area (Å²) in [5.74, 6) is -0.748. The molecule has 0 N–H and O–H groups in total. The van der Waals surface area contributed by atoms with Crippen LogP contribution in [0.5, 0.6) is 5.75 Å². The first kappa shape index (κ1) is 27.5. The SMILES string of the molecule is C=CC(=O)N1CCN(c2nc(=O)n3c4nc(c(F)cc24)-c2c(F)cccc2OCCSc2ccnc(C(C)C)c2-3)C2C[C@H]21. The van der Waals surface area contributed by atoms with Crippen LogP contribution in [0.25, 0.3) is 28.0 Å². The average molecular weight is 603 g/mol. The van der Waals surface area contributed by atoms with Crippen LogP contribution in [0.3, 0.4) is 0 Å². The molecule has 12 heteroatoms. The van der Waals surface area contributed by atoms with Crippen molar-refractivity contribution in [1.29, 1.82) is 0 Å². The van der Waals surface area contributed by atoms with E-state index in [0.717, 1.165) is 4.90 Å². The van der Waals surface area contributed by atoms with Crippen molar-refractivity contribution < 1.29 is 18.3 Å². The predicted molar refractivity (Wildman–Crippen MR) is 160 cm³/mol. The lowest BCUT2D eigenvalue weighted by Crippen LogP contribution is -2.49. The number of halogens is 2. The summed E-state index contributed by atoms with van der Waals surface area (Å²) in [5.41, 5.74) is 0.328. The molecule has 9 nitrogen and oxygen atoms in total. The number of hydrogen-bond donors (Lipinski definition) is 0. The van der Waals surface area contributed by atoms with Crippen LogP contribution in [0.4, 0.5) is 14.6 Å². The summed E-state index contributed by atoms with van der Waals surface area (Å²) in [6, 6.07) is 7.27. The zero-order valence-corrected chi connectivity index (χ0v) is 24.4. The van der Waals surface area contributed by atoms with Crippen molar-refractivity contribution in [2.75, 3.05) is 30.3 Å². The maximum Gasteiger partial charge on any atom is 0.355 e. The molecule has 1 amide bonds. The van der Waals surface area contributed by atoms with E-state index in [9.17, 15) is 9.59 Å². The van der Waals surface area contributed by atoms with E-state index >= 15 is 8.78 Å². The summed E-state index contributed by atoms with van der Waals surface area (Å²) in [6.07, 6.45) is 3.69. The Bertz CT molecular complexity index is 1880. The Balaban J connectivity index is 1.53. The highest BCUT2D eigenvalue weighted by molar-refractivity contribution is 7.99. The van der Waals surface area contributed by atoms with Crippen molar-refractivity contribution in [3.8, 4) is 22.7 Å². The predicted octanol–water partition coefficient (Wildman–Crippen LogP) is 4.70. The van der Waals surface area contributed by atoms with E-state index in [1.807, 2.05) is 24.8 Å². The molecule has 7 rings (SSSR count). The molecule has 2 atom stereocenters. The van der Waals surface area contributed by atoms with Gasteiger partial charge in [0.05, 0.1) is 41.0 Å². The first-order valence-corrected chi connectivity index (χ1v) is 15.1. The largest absolute Gasteiger partial charge is 0.492 e. The van der Waals surface area contributed by atoms with Gasteiger partial charge in [-0.05, 0) is 42.7 Å². The zero-order valence-electron chi connectivity index (χ0n) is 23.6. The van der Waals surface area contributed by atoms with Crippen LogP contribution >= 0.6 is 11.8 Å². The van der Waals surface area contributed by atoms with Crippen LogP contribution in [-0.2, 0) is 4.79 Å². The van der Waals surface area contributed by atoms with Gasteiger partial charge in [0.25, 0.3) is 0 Å². The summed E-state index contributed by atoms with van der Waals surface area (Å²) in [5, 5.41) is 0.306. The molecule has 4 aromatic rings. The number of fused-ring (bicyclic) bond motifs is 6. The van der Waals surface area contributed by atoms with E-state index < -0.39 is 17.3 Å². The Morgan fingerprint density at radius 3 is 2.79 bits per heavy atom. The second-order valence-corrected chi connectivity index (χ2v) is 12.2. The van der Waals surface area contributed by atoms with Gasteiger partial charge in [-0.25, -0.2) is 23.1 Å². The van der Waals surface area contributed by atoms with E-state index in [2.05, 4.69) is 21.5 Å². The Hall–Kier alpha value is -4.32. The van der Waals surface area contributed by atoms with Crippen LogP contribution < -0.4 is 15.3 Å². The molecule has 3 aliphatic rings. The third kappa shape index (κ3) is 4.46. The standard InChI is InChI=1S/C31H28F2N6O3S/c1-4-24(40)37-10-11-38(21-15-20(21)37)29-17-14-19(33)27-25-18(32)6-5-7-22(25)42-12-13-43-23-8-9-34-26(16(2)3)28(23)39(30(17)35-27)31(41)36-29/h4-9,14,16,20-21H,1,10-13,15H2,2-3H3/t20-,21?/m1/s1. The molecule has 5 heterocycles. The van der Waals surface area contributed by atoms with E-state index in [1.54, 1.807) is 17.2 Å². The van der Waals surface area contributed by atoms with Crippen molar-refractivity contribution in [2.45, 2.75) is 43.2 Å². The average Bonchev–Trinajstić information content (AvgIpc) is 3.79. The minimum Gasteiger partial charge on any atom is -0.492 e. The number of hydrogen-bond acceptors (Lipinski definition) is 8. The molecule has 2 aliphatic heterocycles. The molecule has 1 saturated heterocycles. The third-order valence-corrected chi connectivity index (χ3v) is 9.15. The molecule has 1 unspecified atom stereocenters. The van der Waals surface area contributed by atoms with Crippen molar-refractivity contribution >= 4 is 34.5 Å². The highest BCUT2D eigenvalue weighted by Crippen LogP contribution is 2.43. The van der Waals surface area contributed by atoms with Gasteiger partial charge in [0.15, 0.2) is 11.5 Å². The highest BCUT2D eigenvalue weighted by atomic mass is 32.2. The van der Waals surface area contributed by atoms with Crippen molar-refractivity contribution in [1.82, 2.24) is 24.4 Å². The maximum atomic E-state index is 16.1. The minimum atomic E-state index is -0.773. The summed E-state index contributed by atoms with van der Waals surface area (Å²) in [4.78, 5) is 44.8. The number of piperazine rings is 1. The van der Waals surface area contributed by atoms with Crippen LogP contribution in [0.15, 0.2) is 58.9 Å². The van der Waals surface area contributed by atoms with Gasteiger partial charge in [-0.3, -0.25) is 9.78 Å². The number of thioether (sulfide) groups is 1. The monoisotopic (exact) mass is 602 g/mol. The quantitative estimate of drug-likeness (QED) is 0.312. The summed E-state index contributed by atoms with van der Waals surface area (Å²) in [6.45, 7) is 8.57. The van der Waals surface area contributed by atoms with E-state index in [1.165, 1.54) is 40.6 Å². The number of pyridine rings is 2. The van der Waals surface area contributed by atoms with Gasteiger partial charge in [0, 0.05) is 29.9 Å².